The molecule has 0 aliphatic carbocycles. The highest BCUT2D eigenvalue weighted by Gasteiger charge is 2.13. The van der Waals surface area contributed by atoms with Gasteiger partial charge in [-0.25, -0.2) is 0 Å². The largest absolute Gasteiger partial charge is 0.461 e. The van der Waals surface area contributed by atoms with Gasteiger partial charge in [0.2, 0.25) is 0 Å². The average molecular weight is 291 g/mol. The number of carbonyl (C=O) groups is 1. The molecule has 1 N–H and O–H groups in total. The zero-order valence-electron chi connectivity index (χ0n) is 12.7. The Morgan fingerprint density at radius 2 is 2.10 bits per heavy atom. The van der Waals surface area contributed by atoms with E-state index in [9.17, 15) is 4.79 Å². The smallest absolute Gasteiger partial charge is 0.310 e. The topological polar surface area (TPSA) is 47.6 Å². The molecule has 4 nitrogen and oxygen atoms in total. The summed E-state index contributed by atoms with van der Waals surface area (Å²) in [6.45, 7) is 8.48. The van der Waals surface area contributed by atoms with Gasteiger partial charge >= 0.3 is 5.97 Å². The van der Waals surface area contributed by atoms with Gasteiger partial charge in [-0.05, 0) is 12.0 Å². The molecule has 0 aliphatic heterocycles. The normalized spacial score (nSPS) is 11.9. The fourth-order valence-corrected chi connectivity index (χ4v) is 1.69. The van der Waals surface area contributed by atoms with Crippen molar-refractivity contribution in [2.24, 2.45) is 5.92 Å². The van der Waals surface area contributed by atoms with Crippen LogP contribution in [-0.4, -0.2) is 32.3 Å². The molecule has 1 unspecified atom stereocenters. The van der Waals surface area contributed by atoms with Gasteiger partial charge in [0.15, 0.2) is 0 Å². The number of nitrogens with one attached hydrogen (secondary N) is 1. The van der Waals surface area contributed by atoms with Gasteiger partial charge in [-0.3, -0.25) is 4.79 Å². The summed E-state index contributed by atoms with van der Waals surface area (Å²) in [4.78, 5) is 11.8. The number of rotatable bonds is 11. The van der Waals surface area contributed by atoms with Gasteiger partial charge < -0.3 is 14.8 Å². The fraction of sp³-hybridized carbons (Fsp3) is 0.471. The van der Waals surface area contributed by atoms with E-state index in [0.717, 1.165) is 18.5 Å². The molecule has 0 heterocycles. The van der Waals surface area contributed by atoms with E-state index < -0.39 is 0 Å². The van der Waals surface area contributed by atoms with Crippen LogP contribution in [0.4, 0.5) is 0 Å². The number of ether oxygens (including phenoxy) is 2. The highest BCUT2D eigenvalue weighted by atomic mass is 16.5. The van der Waals surface area contributed by atoms with Crippen LogP contribution >= 0.6 is 0 Å². The molecule has 4 heteroatoms. The zero-order chi connectivity index (χ0) is 15.3. The van der Waals surface area contributed by atoms with Crippen molar-refractivity contribution in [1.82, 2.24) is 5.32 Å². The van der Waals surface area contributed by atoms with E-state index >= 15 is 0 Å². The first kappa shape index (κ1) is 17.4. The molecular weight excluding hydrogens is 266 g/mol. The lowest BCUT2D eigenvalue weighted by atomic mass is 10.2. The molecule has 1 aromatic rings. The molecule has 0 aromatic heterocycles. The van der Waals surface area contributed by atoms with Crippen LogP contribution < -0.4 is 5.32 Å². The molecule has 1 rings (SSSR count). The van der Waals surface area contributed by atoms with Crippen molar-refractivity contribution >= 4 is 5.97 Å². The van der Waals surface area contributed by atoms with Crippen molar-refractivity contribution in [3.63, 3.8) is 0 Å². The maximum Gasteiger partial charge on any atom is 0.310 e. The Hall–Kier alpha value is -1.65. The van der Waals surface area contributed by atoms with Crippen LogP contribution in [0.1, 0.15) is 18.9 Å². The minimum Gasteiger partial charge on any atom is -0.461 e. The third kappa shape index (κ3) is 8.27. The summed E-state index contributed by atoms with van der Waals surface area (Å²) in [6.07, 6.45) is 2.69. The molecule has 0 amide bonds. The molecule has 0 saturated carbocycles. The van der Waals surface area contributed by atoms with Crippen molar-refractivity contribution in [3.05, 3.63) is 48.6 Å². The van der Waals surface area contributed by atoms with Crippen LogP contribution in [0.15, 0.2) is 43.0 Å². The monoisotopic (exact) mass is 291 g/mol. The summed E-state index contributed by atoms with van der Waals surface area (Å²) in [6, 6.07) is 9.68. The highest BCUT2D eigenvalue weighted by molar-refractivity contribution is 5.72. The molecule has 0 saturated heterocycles. The highest BCUT2D eigenvalue weighted by Crippen LogP contribution is 2.04. The number of hydrogen-bond acceptors (Lipinski definition) is 4. The molecule has 21 heavy (non-hydrogen) atoms. The molecule has 116 valence electrons. The Kier molecular flexibility index (Phi) is 9.16. The van der Waals surface area contributed by atoms with E-state index in [0.29, 0.717) is 26.4 Å². The Balaban J connectivity index is 2.07. The first-order valence-corrected chi connectivity index (χ1v) is 7.34. The molecule has 0 radical (unpaired) electrons. The minimum atomic E-state index is -0.182. The van der Waals surface area contributed by atoms with Crippen molar-refractivity contribution < 1.29 is 14.3 Å². The van der Waals surface area contributed by atoms with E-state index in [1.807, 2.05) is 43.3 Å². The van der Waals surface area contributed by atoms with Crippen molar-refractivity contribution in [2.75, 3.05) is 26.3 Å². The van der Waals surface area contributed by atoms with Gasteiger partial charge in [0, 0.05) is 13.1 Å². The lowest BCUT2D eigenvalue weighted by Crippen LogP contribution is -2.30. The number of benzene rings is 1. The van der Waals surface area contributed by atoms with E-state index in [1.54, 1.807) is 0 Å². The Labute approximate surface area is 127 Å². The Bertz CT molecular complexity index is 406. The lowest BCUT2D eigenvalue weighted by Gasteiger charge is -2.12. The lowest BCUT2D eigenvalue weighted by molar-refractivity contribution is -0.149. The summed E-state index contributed by atoms with van der Waals surface area (Å²) in [5, 5.41) is 3.19. The van der Waals surface area contributed by atoms with E-state index in [4.69, 9.17) is 9.47 Å². The zero-order valence-corrected chi connectivity index (χ0v) is 12.7. The summed E-state index contributed by atoms with van der Waals surface area (Å²) in [5.41, 5.74) is 1.00. The van der Waals surface area contributed by atoms with Crippen LogP contribution in [0.25, 0.3) is 0 Å². The van der Waals surface area contributed by atoms with Gasteiger partial charge in [0.25, 0.3) is 0 Å². The third-order valence-corrected chi connectivity index (χ3v) is 2.97. The summed E-state index contributed by atoms with van der Waals surface area (Å²) < 4.78 is 10.7. The second kappa shape index (κ2) is 11.1. The number of esters is 1. The molecule has 1 atom stereocenters. The molecular formula is C17H25NO3. The molecule has 0 fully saturated rings. The maximum absolute atomic E-state index is 11.8. The van der Waals surface area contributed by atoms with E-state index in [2.05, 4.69) is 11.9 Å². The second-order valence-electron chi connectivity index (χ2n) is 4.89. The van der Waals surface area contributed by atoms with Gasteiger partial charge in [-0.1, -0.05) is 43.3 Å². The quantitative estimate of drug-likeness (QED) is 0.387. The van der Waals surface area contributed by atoms with Gasteiger partial charge in [-0.2, -0.15) is 0 Å². The van der Waals surface area contributed by atoms with Crippen LogP contribution in [0, 0.1) is 5.92 Å². The summed E-state index contributed by atoms with van der Waals surface area (Å²) in [7, 11) is 0. The van der Waals surface area contributed by atoms with E-state index in [-0.39, 0.29) is 11.9 Å². The predicted molar refractivity (Wildman–Crippen MR) is 83.9 cm³/mol. The number of hydrogen-bond donors (Lipinski definition) is 1. The van der Waals surface area contributed by atoms with Gasteiger partial charge in [-0.15, -0.1) is 6.58 Å². The van der Waals surface area contributed by atoms with Crippen molar-refractivity contribution in [1.29, 1.82) is 0 Å². The fourth-order valence-electron chi connectivity index (χ4n) is 1.69. The first-order chi connectivity index (χ1) is 10.2. The van der Waals surface area contributed by atoms with Gasteiger partial charge in [0.05, 0.1) is 19.1 Å². The predicted octanol–water partition coefficient (Wildman–Crippen LogP) is 2.55. The SMILES string of the molecule is C=CCCOCCNCC(C)C(=O)OCc1ccccc1. The van der Waals surface area contributed by atoms with Crippen LogP contribution in [0.3, 0.4) is 0 Å². The van der Waals surface area contributed by atoms with Crippen molar-refractivity contribution in [2.45, 2.75) is 20.0 Å². The van der Waals surface area contributed by atoms with Gasteiger partial charge in [0.1, 0.15) is 6.61 Å². The molecule has 0 aliphatic rings. The number of carbonyl (C=O) groups excluding carboxylic acids is 1. The first-order valence-electron chi connectivity index (χ1n) is 7.34. The van der Waals surface area contributed by atoms with Crippen LogP contribution in [0.2, 0.25) is 0 Å². The molecule has 0 spiro atoms. The van der Waals surface area contributed by atoms with Crippen LogP contribution in [-0.2, 0) is 20.9 Å². The third-order valence-electron chi connectivity index (χ3n) is 2.97. The molecule has 0 bridgehead atoms. The maximum atomic E-state index is 11.8. The minimum absolute atomic E-state index is 0.165. The summed E-state index contributed by atoms with van der Waals surface area (Å²) >= 11 is 0. The second-order valence-corrected chi connectivity index (χ2v) is 4.89. The standard InChI is InChI=1S/C17H25NO3/c1-3-4-11-20-12-10-18-13-15(2)17(19)21-14-16-8-6-5-7-9-16/h3,5-9,15,18H,1,4,10-14H2,2H3. The molecule has 1 aromatic carbocycles. The Morgan fingerprint density at radius 3 is 2.81 bits per heavy atom. The van der Waals surface area contributed by atoms with Crippen LogP contribution in [0.5, 0.6) is 0 Å². The van der Waals surface area contributed by atoms with E-state index in [1.165, 1.54) is 0 Å². The summed E-state index contributed by atoms with van der Waals surface area (Å²) in [5.74, 6) is -0.346. The average Bonchev–Trinajstić information content (AvgIpc) is 2.52. The Morgan fingerprint density at radius 1 is 1.33 bits per heavy atom. The van der Waals surface area contributed by atoms with Crippen molar-refractivity contribution in [3.8, 4) is 0 Å².